The number of aromatic nitrogens is 2. The van der Waals surface area contributed by atoms with E-state index in [1.165, 1.54) is 24.5 Å². The Kier molecular flexibility index (Phi) is 4.04. The number of nitro groups is 1. The highest BCUT2D eigenvalue weighted by Crippen LogP contribution is 2.39. The second-order valence-electron chi connectivity index (χ2n) is 4.99. The lowest BCUT2D eigenvalue weighted by Gasteiger charge is -2.26. The second kappa shape index (κ2) is 5.90. The summed E-state index contributed by atoms with van der Waals surface area (Å²) in [5.41, 5.74) is -2.14. The van der Waals surface area contributed by atoms with Gasteiger partial charge in [-0.2, -0.15) is 0 Å². The summed E-state index contributed by atoms with van der Waals surface area (Å²) in [6.07, 6.45) is 4.37. The van der Waals surface area contributed by atoms with Gasteiger partial charge in [-0.25, -0.2) is 0 Å². The minimum atomic E-state index is -2.19. The van der Waals surface area contributed by atoms with E-state index in [2.05, 4.69) is 10.1 Å². The molecule has 0 saturated heterocycles. The van der Waals surface area contributed by atoms with Gasteiger partial charge in [0.05, 0.1) is 15.6 Å². The van der Waals surface area contributed by atoms with Crippen molar-refractivity contribution in [3.63, 3.8) is 0 Å². The largest absolute Gasteiger partial charge is 0.509 e. The monoisotopic (exact) mass is 369 g/mol. The quantitative estimate of drug-likeness (QED) is 0.629. The molecule has 8 nitrogen and oxygen atoms in total. The molecular weight excluding hydrogens is 361 g/mol. The highest BCUT2D eigenvalue weighted by atomic mass is 35.5. The predicted molar refractivity (Wildman–Crippen MR) is 84.3 cm³/mol. The van der Waals surface area contributed by atoms with Gasteiger partial charge in [-0.05, 0) is 6.08 Å². The van der Waals surface area contributed by atoms with E-state index < -0.39 is 22.3 Å². The maximum Gasteiger partial charge on any atom is 0.317 e. The molecule has 0 aromatic carbocycles. The molecule has 1 aliphatic carbocycles. The molecule has 0 fully saturated rings. The van der Waals surface area contributed by atoms with Crippen LogP contribution >= 0.6 is 23.2 Å². The SMILES string of the molecule is O=[N+]([O-])C1(c2cc(-c3c(Cl)cncc3Cl)on2)C=CC=C(O)C1O. The maximum atomic E-state index is 11.6. The lowest BCUT2D eigenvalue weighted by atomic mass is 9.84. The van der Waals surface area contributed by atoms with Crippen LogP contribution in [0.3, 0.4) is 0 Å². The van der Waals surface area contributed by atoms with Gasteiger partial charge in [0.2, 0.25) is 0 Å². The number of aliphatic hydroxyl groups is 2. The fourth-order valence-corrected chi connectivity index (χ4v) is 2.96. The smallest absolute Gasteiger partial charge is 0.317 e. The fourth-order valence-electron chi connectivity index (χ4n) is 2.41. The van der Waals surface area contributed by atoms with Gasteiger partial charge in [0.1, 0.15) is 5.76 Å². The van der Waals surface area contributed by atoms with E-state index in [1.54, 1.807) is 0 Å². The zero-order chi connectivity index (χ0) is 17.5. The molecule has 1 aliphatic rings. The topological polar surface area (TPSA) is 123 Å². The van der Waals surface area contributed by atoms with E-state index in [-0.39, 0.29) is 27.1 Å². The first kappa shape index (κ1) is 16.4. The Balaban J connectivity index is 2.14. The zero-order valence-corrected chi connectivity index (χ0v) is 13.3. The highest BCUT2D eigenvalue weighted by Gasteiger charge is 2.55. The number of pyridine rings is 1. The van der Waals surface area contributed by atoms with Crippen LogP contribution in [0.5, 0.6) is 0 Å². The molecule has 0 aliphatic heterocycles. The number of hydrogen-bond donors (Lipinski definition) is 2. The molecular formula is C14H9Cl2N3O5. The third-order valence-electron chi connectivity index (χ3n) is 3.64. The molecule has 0 bridgehead atoms. The van der Waals surface area contributed by atoms with Crippen LogP contribution in [-0.2, 0) is 5.54 Å². The zero-order valence-electron chi connectivity index (χ0n) is 11.8. The summed E-state index contributed by atoms with van der Waals surface area (Å²) >= 11 is 12.1. The highest BCUT2D eigenvalue weighted by molar-refractivity contribution is 6.38. The van der Waals surface area contributed by atoms with Crippen LogP contribution in [-0.4, -0.2) is 31.4 Å². The summed E-state index contributed by atoms with van der Waals surface area (Å²) in [5.74, 6) is -0.489. The van der Waals surface area contributed by atoms with E-state index >= 15 is 0 Å². The minimum absolute atomic E-state index is 0.0678. The van der Waals surface area contributed by atoms with Crippen LogP contribution in [0.1, 0.15) is 5.69 Å². The number of nitrogens with zero attached hydrogens (tertiary/aromatic N) is 3. The Hall–Kier alpha value is -2.42. The number of allylic oxidation sites excluding steroid dienone is 2. The van der Waals surface area contributed by atoms with Crippen LogP contribution in [0.2, 0.25) is 10.0 Å². The Morgan fingerprint density at radius 1 is 1.33 bits per heavy atom. The van der Waals surface area contributed by atoms with Crippen LogP contribution in [0, 0.1) is 10.1 Å². The number of halogens is 2. The normalized spacial score (nSPS) is 23.1. The summed E-state index contributed by atoms with van der Waals surface area (Å²) in [6, 6.07) is 1.24. The molecule has 0 saturated carbocycles. The molecule has 2 aromatic rings. The third kappa shape index (κ3) is 2.35. The molecule has 2 heterocycles. The summed E-state index contributed by atoms with van der Waals surface area (Å²) in [4.78, 5) is 14.7. The van der Waals surface area contributed by atoms with Gasteiger partial charge in [0.25, 0.3) is 0 Å². The lowest BCUT2D eigenvalue weighted by molar-refractivity contribution is -0.577. The van der Waals surface area contributed by atoms with Crippen LogP contribution in [0.15, 0.2) is 47.0 Å². The van der Waals surface area contributed by atoms with Crippen molar-refractivity contribution in [2.24, 2.45) is 0 Å². The summed E-state index contributed by atoms with van der Waals surface area (Å²) in [5, 5.41) is 35.5. The molecule has 0 spiro atoms. The molecule has 3 rings (SSSR count). The summed E-state index contributed by atoms with van der Waals surface area (Å²) in [6.45, 7) is 0. The van der Waals surface area contributed by atoms with Crippen molar-refractivity contribution in [1.82, 2.24) is 10.1 Å². The minimum Gasteiger partial charge on any atom is -0.509 e. The Morgan fingerprint density at radius 3 is 2.62 bits per heavy atom. The molecule has 2 unspecified atom stereocenters. The van der Waals surface area contributed by atoms with Gasteiger partial charge in [-0.1, -0.05) is 34.4 Å². The molecule has 10 heteroatoms. The molecule has 124 valence electrons. The van der Waals surface area contributed by atoms with Gasteiger partial charge < -0.3 is 14.7 Å². The molecule has 2 atom stereocenters. The van der Waals surface area contributed by atoms with E-state index in [1.807, 2.05) is 0 Å². The fraction of sp³-hybridized carbons (Fsp3) is 0.143. The predicted octanol–water partition coefficient (Wildman–Crippen LogP) is 2.89. The maximum absolute atomic E-state index is 11.6. The van der Waals surface area contributed by atoms with Crippen molar-refractivity contribution in [2.45, 2.75) is 11.6 Å². The Morgan fingerprint density at radius 2 is 2.00 bits per heavy atom. The number of aliphatic hydroxyl groups excluding tert-OH is 2. The Bertz CT molecular complexity index is 859. The van der Waals surface area contributed by atoms with Crippen molar-refractivity contribution in [2.75, 3.05) is 0 Å². The summed E-state index contributed by atoms with van der Waals surface area (Å²) in [7, 11) is 0. The molecule has 24 heavy (non-hydrogen) atoms. The average Bonchev–Trinajstić information content (AvgIpc) is 2.99. The number of hydrogen-bond acceptors (Lipinski definition) is 7. The van der Waals surface area contributed by atoms with Gasteiger partial charge in [-0.15, -0.1) is 0 Å². The second-order valence-corrected chi connectivity index (χ2v) is 5.80. The van der Waals surface area contributed by atoms with E-state index in [9.17, 15) is 20.3 Å². The van der Waals surface area contributed by atoms with Crippen molar-refractivity contribution in [3.05, 3.63) is 68.3 Å². The third-order valence-corrected chi connectivity index (χ3v) is 4.21. The van der Waals surface area contributed by atoms with Crippen molar-refractivity contribution in [3.8, 4) is 11.3 Å². The lowest BCUT2D eigenvalue weighted by Crippen LogP contribution is -2.47. The average molecular weight is 370 g/mol. The molecule has 2 aromatic heterocycles. The Labute approximate surface area is 144 Å². The first-order valence-electron chi connectivity index (χ1n) is 6.55. The van der Waals surface area contributed by atoms with Crippen LogP contribution in [0.4, 0.5) is 0 Å². The van der Waals surface area contributed by atoms with Gasteiger partial charge in [0.15, 0.2) is 17.6 Å². The van der Waals surface area contributed by atoms with E-state index in [0.29, 0.717) is 0 Å². The molecule has 0 radical (unpaired) electrons. The standard InChI is InChI=1S/C14H9Cl2N3O5/c15-7-5-17-6-8(16)12(7)10-4-11(18-24-10)14(19(22)23)3-1-2-9(20)13(14)21/h1-6,13,20-21H. The van der Waals surface area contributed by atoms with Crippen LogP contribution < -0.4 is 0 Å². The van der Waals surface area contributed by atoms with Gasteiger partial charge in [-0.3, -0.25) is 15.1 Å². The van der Waals surface area contributed by atoms with Crippen molar-refractivity contribution < 1.29 is 19.7 Å². The van der Waals surface area contributed by atoms with E-state index in [4.69, 9.17) is 27.7 Å². The first-order chi connectivity index (χ1) is 11.4. The van der Waals surface area contributed by atoms with E-state index in [0.717, 1.165) is 12.2 Å². The molecule has 0 amide bonds. The van der Waals surface area contributed by atoms with Gasteiger partial charge in [0, 0.05) is 29.5 Å². The van der Waals surface area contributed by atoms with Crippen LogP contribution in [0.25, 0.3) is 11.3 Å². The summed E-state index contributed by atoms with van der Waals surface area (Å²) < 4.78 is 5.13. The number of rotatable bonds is 3. The first-order valence-corrected chi connectivity index (χ1v) is 7.31. The molecule has 2 N–H and O–H groups in total. The van der Waals surface area contributed by atoms with Crippen molar-refractivity contribution >= 4 is 23.2 Å². The van der Waals surface area contributed by atoms with Crippen molar-refractivity contribution in [1.29, 1.82) is 0 Å². The van der Waals surface area contributed by atoms with Gasteiger partial charge >= 0.3 is 5.54 Å².